The number of aromatic nitrogens is 1. The first kappa shape index (κ1) is 18.0. The average molecular weight is 382 g/mol. The zero-order chi connectivity index (χ0) is 18.0. The van der Waals surface area contributed by atoms with Crippen LogP contribution in [0.25, 0.3) is 10.2 Å². The lowest BCUT2D eigenvalue weighted by molar-refractivity contribution is -0.119. The van der Waals surface area contributed by atoms with Crippen molar-refractivity contribution in [3.63, 3.8) is 0 Å². The summed E-state index contributed by atoms with van der Waals surface area (Å²) in [6.07, 6.45) is 1.38. The van der Waals surface area contributed by atoms with E-state index in [1.807, 2.05) is 38.1 Å². The van der Waals surface area contributed by atoms with E-state index >= 15 is 0 Å². The maximum absolute atomic E-state index is 12.9. The molecule has 1 aromatic carbocycles. The number of hydrogen-bond donors (Lipinski definition) is 0. The number of nitrogens with zero attached hydrogens (tertiary/aromatic N) is 3. The molecule has 0 N–H and O–H groups in total. The van der Waals surface area contributed by atoms with Crippen LogP contribution in [0.1, 0.15) is 5.56 Å². The van der Waals surface area contributed by atoms with E-state index in [-0.39, 0.29) is 11.7 Å². The second kappa shape index (κ2) is 7.59. The number of hydrogen-bond acceptors (Lipinski definition) is 6. The van der Waals surface area contributed by atoms with Crippen molar-refractivity contribution in [1.82, 2.24) is 9.88 Å². The van der Waals surface area contributed by atoms with Crippen LogP contribution in [-0.4, -0.2) is 56.2 Å². The average Bonchev–Trinajstić information content (AvgIpc) is 2.99. The van der Waals surface area contributed by atoms with Crippen molar-refractivity contribution in [2.45, 2.75) is 6.92 Å². The minimum Gasteiger partial charge on any atom is -0.494 e. The molecule has 3 rings (SSSR count). The van der Waals surface area contributed by atoms with Gasteiger partial charge in [-0.25, -0.2) is 4.98 Å². The zero-order valence-corrected chi connectivity index (χ0v) is 16.0. The molecule has 0 spiro atoms. The lowest BCUT2D eigenvalue weighted by atomic mass is 10.2. The van der Waals surface area contributed by atoms with E-state index in [4.69, 9.17) is 21.1 Å². The fourth-order valence-electron chi connectivity index (χ4n) is 2.46. The second-order valence-electron chi connectivity index (χ2n) is 6.03. The normalized spacial score (nSPS) is 14.2. The van der Waals surface area contributed by atoms with Crippen LogP contribution in [0.2, 0.25) is 5.02 Å². The third-order valence-electron chi connectivity index (χ3n) is 3.75. The smallest absolute Gasteiger partial charge is 0.298 e. The SMILES string of the molecule is Cc1cc(Cl)cc2sc(N(CCN(C)C)C(=O)C3=COCCO3)nc12. The van der Waals surface area contributed by atoms with Gasteiger partial charge in [-0.2, -0.15) is 0 Å². The van der Waals surface area contributed by atoms with Gasteiger partial charge in [0.25, 0.3) is 5.91 Å². The van der Waals surface area contributed by atoms with Gasteiger partial charge in [-0.15, -0.1) is 0 Å². The Balaban J connectivity index is 1.97. The molecule has 2 aromatic rings. The Morgan fingerprint density at radius 1 is 1.32 bits per heavy atom. The molecule has 0 fully saturated rings. The number of amides is 1. The van der Waals surface area contributed by atoms with Crippen LogP contribution in [0.3, 0.4) is 0 Å². The van der Waals surface area contributed by atoms with Crippen LogP contribution < -0.4 is 4.90 Å². The predicted molar refractivity (Wildman–Crippen MR) is 100 cm³/mol. The van der Waals surface area contributed by atoms with E-state index < -0.39 is 0 Å². The third-order valence-corrected chi connectivity index (χ3v) is 4.99. The number of rotatable bonds is 5. The number of halogens is 1. The number of thiazole rings is 1. The van der Waals surface area contributed by atoms with E-state index in [2.05, 4.69) is 4.98 Å². The molecule has 0 atom stereocenters. The second-order valence-corrected chi connectivity index (χ2v) is 7.47. The molecule has 2 heterocycles. The highest BCUT2D eigenvalue weighted by atomic mass is 35.5. The van der Waals surface area contributed by atoms with Gasteiger partial charge in [-0.05, 0) is 38.7 Å². The molecule has 25 heavy (non-hydrogen) atoms. The van der Waals surface area contributed by atoms with Crippen LogP contribution in [0.15, 0.2) is 24.2 Å². The van der Waals surface area contributed by atoms with E-state index in [9.17, 15) is 4.79 Å². The van der Waals surface area contributed by atoms with Crippen LogP contribution >= 0.6 is 22.9 Å². The molecule has 6 nitrogen and oxygen atoms in total. The van der Waals surface area contributed by atoms with Crippen molar-refractivity contribution in [1.29, 1.82) is 0 Å². The van der Waals surface area contributed by atoms with Crippen LogP contribution in [0.5, 0.6) is 0 Å². The lowest BCUT2D eigenvalue weighted by Crippen LogP contribution is -2.38. The minimum atomic E-state index is -0.246. The number of carbonyl (C=O) groups excluding carboxylic acids is 1. The summed E-state index contributed by atoms with van der Waals surface area (Å²) in [7, 11) is 3.93. The van der Waals surface area contributed by atoms with Crippen molar-refractivity contribution in [3.05, 3.63) is 34.7 Å². The topological polar surface area (TPSA) is 54.9 Å². The number of likely N-dealkylation sites (N-methyl/N-ethyl adjacent to an activating group) is 1. The molecular formula is C17H20ClN3O3S. The first-order chi connectivity index (χ1) is 12.0. The van der Waals surface area contributed by atoms with Gasteiger partial charge in [0.05, 0.1) is 10.2 Å². The van der Waals surface area contributed by atoms with E-state index in [0.29, 0.717) is 36.5 Å². The molecule has 0 saturated heterocycles. The molecule has 0 unspecified atom stereocenters. The number of ether oxygens (including phenoxy) is 2. The summed E-state index contributed by atoms with van der Waals surface area (Å²) in [5.41, 5.74) is 1.85. The summed E-state index contributed by atoms with van der Waals surface area (Å²) in [6, 6.07) is 3.75. The van der Waals surface area contributed by atoms with Crippen LogP contribution in [-0.2, 0) is 14.3 Å². The highest BCUT2D eigenvalue weighted by Gasteiger charge is 2.26. The molecule has 0 aliphatic carbocycles. The Labute approximate surface area is 155 Å². The van der Waals surface area contributed by atoms with Gasteiger partial charge < -0.3 is 14.4 Å². The quantitative estimate of drug-likeness (QED) is 0.796. The highest BCUT2D eigenvalue weighted by Crippen LogP contribution is 2.33. The van der Waals surface area contributed by atoms with Gasteiger partial charge >= 0.3 is 0 Å². The Morgan fingerprint density at radius 2 is 2.12 bits per heavy atom. The third kappa shape index (κ3) is 4.05. The molecule has 8 heteroatoms. The predicted octanol–water partition coefficient (Wildman–Crippen LogP) is 3.04. The first-order valence-corrected chi connectivity index (χ1v) is 9.13. The molecule has 1 aliphatic rings. The lowest BCUT2D eigenvalue weighted by Gasteiger charge is -2.24. The van der Waals surface area contributed by atoms with Gasteiger partial charge in [0, 0.05) is 18.1 Å². The fraction of sp³-hybridized carbons (Fsp3) is 0.412. The van der Waals surface area contributed by atoms with Gasteiger partial charge in [-0.3, -0.25) is 9.69 Å². The monoisotopic (exact) mass is 381 g/mol. The minimum absolute atomic E-state index is 0.207. The van der Waals surface area contributed by atoms with Crippen molar-refractivity contribution in [3.8, 4) is 0 Å². The van der Waals surface area contributed by atoms with Crippen LogP contribution in [0.4, 0.5) is 5.13 Å². The number of benzene rings is 1. The Hall–Kier alpha value is -1.83. The number of carbonyl (C=O) groups is 1. The van der Waals surface area contributed by atoms with E-state index in [1.165, 1.54) is 17.6 Å². The molecule has 134 valence electrons. The van der Waals surface area contributed by atoms with Crippen molar-refractivity contribution in [2.75, 3.05) is 45.3 Å². The summed E-state index contributed by atoms with van der Waals surface area (Å²) in [4.78, 5) is 21.2. The molecule has 0 bridgehead atoms. The Morgan fingerprint density at radius 3 is 2.80 bits per heavy atom. The van der Waals surface area contributed by atoms with Gasteiger partial charge in [0.1, 0.15) is 19.5 Å². The Bertz CT molecular complexity index is 819. The number of fused-ring (bicyclic) bond motifs is 1. The van der Waals surface area contributed by atoms with Crippen LogP contribution in [0, 0.1) is 6.92 Å². The summed E-state index contributed by atoms with van der Waals surface area (Å²) >= 11 is 7.59. The summed E-state index contributed by atoms with van der Waals surface area (Å²) in [5, 5.41) is 1.29. The molecule has 1 aromatic heterocycles. The highest BCUT2D eigenvalue weighted by molar-refractivity contribution is 7.22. The van der Waals surface area contributed by atoms with E-state index in [0.717, 1.165) is 15.8 Å². The molecule has 0 saturated carbocycles. The summed E-state index contributed by atoms with van der Waals surface area (Å²) in [5.74, 6) is -0.0385. The maximum atomic E-state index is 12.9. The van der Waals surface area contributed by atoms with Gasteiger partial charge in [0.15, 0.2) is 5.13 Å². The van der Waals surface area contributed by atoms with Crippen molar-refractivity contribution >= 4 is 44.2 Å². The maximum Gasteiger partial charge on any atom is 0.298 e. The van der Waals surface area contributed by atoms with E-state index in [1.54, 1.807) is 4.90 Å². The number of aryl methyl sites for hydroxylation is 1. The van der Waals surface area contributed by atoms with Gasteiger partial charge in [0.2, 0.25) is 5.76 Å². The molecule has 1 amide bonds. The zero-order valence-electron chi connectivity index (χ0n) is 14.4. The largest absolute Gasteiger partial charge is 0.494 e. The van der Waals surface area contributed by atoms with Crippen molar-refractivity contribution in [2.24, 2.45) is 0 Å². The fourth-order valence-corrected chi connectivity index (χ4v) is 3.90. The standard InChI is InChI=1S/C17H20ClN3O3S/c1-11-8-12(18)9-14-15(11)19-17(25-14)21(5-4-20(2)3)16(22)13-10-23-6-7-24-13/h8-10H,4-7H2,1-3H3. The first-order valence-electron chi connectivity index (χ1n) is 7.93. The number of anilines is 1. The summed E-state index contributed by atoms with van der Waals surface area (Å²) in [6.45, 7) is 3.99. The molecule has 1 aliphatic heterocycles. The molecular weight excluding hydrogens is 362 g/mol. The molecule has 0 radical (unpaired) electrons. The van der Waals surface area contributed by atoms with Crippen molar-refractivity contribution < 1.29 is 14.3 Å². The Kier molecular flexibility index (Phi) is 5.46. The summed E-state index contributed by atoms with van der Waals surface area (Å²) < 4.78 is 11.6. The van der Waals surface area contributed by atoms with Gasteiger partial charge in [-0.1, -0.05) is 22.9 Å².